The van der Waals surface area contributed by atoms with Crippen LogP contribution in [0.3, 0.4) is 0 Å². The number of carboxylic acid groups (broad SMARTS) is 1. The molecule has 0 aromatic heterocycles. The second-order valence-corrected chi connectivity index (χ2v) is 26.2. The fraction of sp³-hybridized carbons (Fsp3) is 0.808. The number of carboxylic acids is 1. The molecule has 0 N–H and O–H groups in total. The first-order chi connectivity index (χ1) is 42.6. The van der Waals surface area contributed by atoms with E-state index < -0.39 is 24.3 Å². The molecule has 2 atom stereocenters. The largest absolute Gasteiger partial charge is 0.545 e. The summed E-state index contributed by atoms with van der Waals surface area (Å²) in [4.78, 5) is 37.5. The molecule has 0 aromatic rings. The highest BCUT2D eigenvalue weighted by atomic mass is 16.7. The zero-order chi connectivity index (χ0) is 63.3. The third-order valence-electron chi connectivity index (χ3n) is 16.5. The third kappa shape index (κ3) is 70.1. The van der Waals surface area contributed by atoms with Crippen LogP contribution in [-0.4, -0.2) is 82.3 Å². The molecule has 9 nitrogen and oxygen atoms in total. The topological polar surface area (TPSA) is 111 Å². The average molecular weight is 1220 g/mol. The van der Waals surface area contributed by atoms with Crippen molar-refractivity contribution in [3.63, 3.8) is 0 Å². The minimum Gasteiger partial charge on any atom is -0.545 e. The lowest BCUT2D eigenvalue weighted by Crippen LogP contribution is -2.44. The number of rotatable bonds is 69. The summed E-state index contributed by atoms with van der Waals surface area (Å²) in [6, 6.07) is 0. The highest BCUT2D eigenvalue weighted by molar-refractivity contribution is 5.70. The standard InChI is InChI=1S/C78H141NO8/c1-6-8-10-12-14-16-18-20-22-24-26-28-30-32-34-35-36-37-38-39-40-41-43-44-46-48-50-52-54-56-58-60-62-64-66-68-75(80)85-72-74(73-86-78(77(82)83)84-71-70-79(3,4)5)87-76(81)69-67-65-63-61-59-57-55-53-51-49-47-45-42-33-31-29-27-25-23-21-19-17-15-13-11-9-7-2/h9,11,15,17,21,23,27,29,33,42,47,49,74,78H,6-8,10,12-14,16,18-20,22,24-26,28,30-32,34-41,43-46,48,50-73H2,1-5H3/b11-9-,17-15-,23-21-,29-27-,42-33-,49-47-. The monoisotopic (exact) mass is 1220 g/mol. The van der Waals surface area contributed by atoms with Gasteiger partial charge in [0.2, 0.25) is 0 Å². The Kier molecular flexibility index (Phi) is 66.1. The van der Waals surface area contributed by atoms with Gasteiger partial charge in [-0.1, -0.05) is 344 Å². The predicted octanol–water partition coefficient (Wildman–Crippen LogP) is 21.9. The minimum absolute atomic E-state index is 0.145. The number of carbonyl (C=O) groups excluding carboxylic acids is 3. The van der Waals surface area contributed by atoms with E-state index >= 15 is 0 Å². The van der Waals surface area contributed by atoms with E-state index in [0.29, 0.717) is 23.9 Å². The molecule has 9 heteroatoms. The molecular formula is C78H141NO8. The average Bonchev–Trinajstić information content (AvgIpc) is 3.56. The van der Waals surface area contributed by atoms with Gasteiger partial charge in [-0.05, 0) is 64.2 Å². The molecule has 0 heterocycles. The van der Waals surface area contributed by atoms with Crippen molar-refractivity contribution >= 4 is 17.9 Å². The van der Waals surface area contributed by atoms with Crippen LogP contribution in [0.5, 0.6) is 0 Å². The maximum absolute atomic E-state index is 12.9. The van der Waals surface area contributed by atoms with E-state index in [2.05, 4.69) is 86.8 Å². The van der Waals surface area contributed by atoms with Crippen LogP contribution in [0.1, 0.15) is 348 Å². The second-order valence-electron chi connectivity index (χ2n) is 26.2. The Morgan fingerprint density at radius 2 is 0.655 bits per heavy atom. The van der Waals surface area contributed by atoms with Gasteiger partial charge in [0.25, 0.3) is 0 Å². The smallest absolute Gasteiger partial charge is 0.306 e. The first-order valence-corrected chi connectivity index (χ1v) is 37.1. The van der Waals surface area contributed by atoms with E-state index in [1.165, 1.54) is 231 Å². The lowest BCUT2D eigenvalue weighted by Gasteiger charge is -2.26. The number of hydrogen-bond donors (Lipinski definition) is 0. The molecule has 0 radical (unpaired) electrons. The fourth-order valence-electron chi connectivity index (χ4n) is 10.8. The number of likely N-dealkylation sites (N-methyl/N-ethyl adjacent to an activating group) is 1. The van der Waals surface area contributed by atoms with Crippen LogP contribution in [0, 0.1) is 0 Å². The van der Waals surface area contributed by atoms with Gasteiger partial charge >= 0.3 is 11.9 Å². The Morgan fingerprint density at radius 1 is 0.356 bits per heavy atom. The number of ether oxygens (including phenoxy) is 4. The van der Waals surface area contributed by atoms with E-state index in [9.17, 15) is 19.5 Å². The van der Waals surface area contributed by atoms with Crippen molar-refractivity contribution in [2.45, 2.75) is 360 Å². The van der Waals surface area contributed by atoms with Gasteiger partial charge in [0.05, 0.1) is 40.3 Å². The number of carbonyl (C=O) groups is 3. The van der Waals surface area contributed by atoms with Gasteiger partial charge in [-0.2, -0.15) is 0 Å². The number of esters is 2. The molecule has 0 aliphatic heterocycles. The zero-order valence-corrected chi connectivity index (χ0v) is 57.9. The lowest BCUT2D eigenvalue weighted by molar-refractivity contribution is -0.870. The van der Waals surface area contributed by atoms with Gasteiger partial charge in [-0.15, -0.1) is 0 Å². The molecule has 0 saturated heterocycles. The number of allylic oxidation sites excluding steroid dienone is 12. The van der Waals surface area contributed by atoms with Crippen LogP contribution in [0.25, 0.3) is 0 Å². The van der Waals surface area contributed by atoms with Crippen molar-refractivity contribution in [1.29, 1.82) is 0 Å². The molecule has 0 aliphatic carbocycles. The molecule has 2 unspecified atom stereocenters. The normalized spacial score (nSPS) is 13.1. The lowest BCUT2D eigenvalue weighted by atomic mass is 10.0. The molecule has 87 heavy (non-hydrogen) atoms. The Balaban J connectivity index is 4.05. The summed E-state index contributed by atoms with van der Waals surface area (Å²) < 4.78 is 22.8. The SMILES string of the molecule is CC/C=C\C/C=C\C/C=C\C/C=C\C/C=C\C/C=C\CCCCCCCCCCC(=O)OC(COC(=O)CCCCCCCCCCCCCCCCCCCCCCCCCCCCCCCCCCCCC)COC(OCC[N+](C)(C)C)C(=O)[O-]. The van der Waals surface area contributed by atoms with Crippen LogP contribution >= 0.6 is 0 Å². The Morgan fingerprint density at radius 3 is 0.977 bits per heavy atom. The molecule has 0 spiro atoms. The van der Waals surface area contributed by atoms with Crippen LogP contribution in [-0.2, 0) is 33.3 Å². The summed E-state index contributed by atoms with van der Waals surface area (Å²) >= 11 is 0. The quantitative estimate of drug-likeness (QED) is 0.0195. The predicted molar refractivity (Wildman–Crippen MR) is 371 cm³/mol. The number of nitrogens with zero attached hydrogens (tertiary/aromatic N) is 1. The molecule has 0 aliphatic rings. The molecule has 0 saturated carbocycles. The number of aliphatic carboxylic acids is 1. The molecule has 0 rings (SSSR count). The van der Waals surface area contributed by atoms with Crippen molar-refractivity contribution in [2.75, 3.05) is 47.5 Å². The number of hydrogen-bond acceptors (Lipinski definition) is 8. The van der Waals surface area contributed by atoms with Crippen molar-refractivity contribution in [2.24, 2.45) is 0 Å². The summed E-state index contributed by atoms with van der Waals surface area (Å²) in [6.45, 7) is 4.67. The van der Waals surface area contributed by atoms with Crippen LogP contribution in [0.15, 0.2) is 72.9 Å². The van der Waals surface area contributed by atoms with Gasteiger partial charge in [0, 0.05) is 12.8 Å². The first kappa shape index (κ1) is 83.7. The van der Waals surface area contributed by atoms with Crippen LogP contribution in [0.2, 0.25) is 0 Å². The number of quaternary nitrogens is 1. The van der Waals surface area contributed by atoms with E-state index in [1.54, 1.807) is 0 Å². The molecule has 506 valence electrons. The van der Waals surface area contributed by atoms with Gasteiger partial charge in [-0.3, -0.25) is 9.59 Å². The highest BCUT2D eigenvalue weighted by Gasteiger charge is 2.22. The van der Waals surface area contributed by atoms with Crippen molar-refractivity contribution < 1.29 is 42.9 Å². The Hall–Kier alpha value is -3.27. The summed E-state index contributed by atoms with van der Waals surface area (Å²) in [7, 11) is 5.93. The third-order valence-corrected chi connectivity index (χ3v) is 16.5. The highest BCUT2D eigenvalue weighted by Crippen LogP contribution is 2.19. The van der Waals surface area contributed by atoms with Crippen molar-refractivity contribution in [1.82, 2.24) is 0 Å². The molecular weight excluding hydrogens is 1080 g/mol. The van der Waals surface area contributed by atoms with Gasteiger partial charge in [0.15, 0.2) is 12.4 Å². The minimum atomic E-state index is -1.63. The second kappa shape index (κ2) is 68.6. The summed E-state index contributed by atoms with van der Waals surface area (Å²) in [6.07, 6.45) is 88.7. The summed E-state index contributed by atoms with van der Waals surface area (Å²) in [5.74, 6) is -2.28. The number of unbranched alkanes of at least 4 members (excludes halogenated alkanes) is 42. The van der Waals surface area contributed by atoms with Crippen LogP contribution < -0.4 is 5.11 Å². The van der Waals surface area contributed by atoms with Gasteiger partial charge in [-0.25, -0.2) is 0 Å². The molecule has 0 amide bonds. The van der Waals surface area contributed by atoms with Gasteiger partial charge in [0.1, 0.15) is 13.2 Å². The van der Waals surface area contributed by atoms with E-state index in [4.69, 9.17) is 18.9 Å². The van der Waals surface area contributed by atoms with E-state index in [0.717, 1.165) is 83.5 Å². The molecule has 0 fully saturated rings. The maximum Gasteiger partial charge on any atom is 0.306 e. The van der Waals surface area contributed by atoms with Crippen LogP contribution in [0.4, 0.5) is 0 Å². The molecule has 0 aromatic carbocycles. The van der Waals surface area contributed by atoms with E-state index in [1.807, 2.05) is 21.1 Å². The summed E-state index contributed by atoms with van der Waals surface area (Å²) in [5, 5.41) is 11.8. The Bertz CT molecular complexity index is 1660. The summed E-state index contributed by atoms with van der Waals surface area (Å²) in [5.41, 5.74) is 0. The van der Waals surface area contributed by atoms with Gasteiger partial charge < -0.3 is 33.3 Å². The molecule has 0 bridgehead atoms. The zero-order valence-electron chi connectivity index (χ0n) is 57.9. The van der Waals surface area contributed by atoms with E-state index in [-0.39, 0.29) is 32.2 Å². The first-order valence-electron chi connectivity index (χ1n) is 37.1. The van der Waals surface area contributed by atoms with Crippen molar-refractivity contribution in [3.05, 3.63) is 72.9 Å². The Labute approximate surface area is 538 Å². The maximum atomic E-state index is 12.9. The fourth-order valence-corrected chi connectivity index (χ4v) is 10.8. The van der Waals surface area contributed by atoms with Crippen molar-refractivity contribution in [3.8, 4) is 0 Å².